The molecule has 0 saturated heterocycles. The fraction of sp³-hybridized carbons (Fsp3) is 0.250. The third kappa shape index (κ3) is 3.21. The molecule has 14 heavy (non-hydrogen) atoms. The lowest BCUT2D eigenvalue weighted by atomic mass is 10.2. The zero-order valence-electron chi connectivity index (χ0n) is 6.94. The van der Waals surface area contributed by atoms with Crippen molar-refractivity contribution in [2.45, 2.75) is 12.9 Å². The van der Waals surface area contributed by atoms with Crippen molar-refractivity contribution in [1.29, 1.82) is 0 Å². The minimum atomic E-state index is -4.82. The standard InChI is InChI=1S/C8H7F4NO/c9-6-1-5(4-13)2-7(3-6)14-8(10,11)12/h1-3H,4,13H2. The van der Waals surface area contributed by atoms with Gasteiger partial charge in [0.05, 0.1) is 0 Å². The van der Waals surface area contributed by atoms with Gasteiger partial charge in [-0.15, -0.1) is 13.2 Å². The van der Waals surface area contributed by atoms with Gasteiger partial charge >= 0.3 is 6.36 Å². The van der Waals surface area contributed by atoms with Crippen LogP contribution in [0.5, 0.6) is 5.75 Å². The van der Waals surface area contributed by atoms with Gasteiger partial charge in [-0.25, -0.2) is 4.39 Å². The summed E-state index contributed by atoms with van der Waals surface area (Å²) in [5.41, 5.74) is 5.39. The van der Waals surface area contributed by atoms with Crippen LogP contribution in [0.1, 0.15) is 5.56 Å². The molecule has 78 valence electrons. The van der Waals surface area contributed by atoms with Crippen molar-refractivity contribution in [1.82, 2.24) is 0 Å². The van der Waals surface area contributed by atoms with Crippen LogP contribution < -0.4 is 10.5 Å². The quantitative estimate of drug-likeness (QED) is 0.757. The van der Waals surface area contributed by atoms with E-state index in [1.54, 1.807) is 0 Å². The summed E-state index contributed by atoms with van der Waals surface area (Å²) < 4.78 is 51.4. The maximum absolute atomic E-state index is 12.7. The molecule has 0 amide bonds. The molecule has 0 unspecified atom stereocenters. The van der Waals surface area contributed by atoms with E-state index in [9.17, 15) is 17.6 Å². The Hall–Kier alpha value is -1.30. The first-order valence-corrected chi connectivity index (χ1v) is 3.66. The summed E-state index contributed by atoms with van der Waals surface area (Å²) in [7, 11) is 0. The van der Waals surface area contributed by atoms with Gasteiger partial charge in [-0.05, 0) is 17.7 Å². The largest absolute Gasteiger partial charge is 0.573 e. The van der Waals surface area contributed by atoms with Crippen molar-refractivity contribution in [2.24, 2.45) is 5.73 Å². The normalized spacial score (nSPS) is 11.5. The van der Waals surface area contributed by atoms with E-state index in [0.717, 1.165) is 12.1 Å². The average Bonchev–Trinajstić information content (AvgIpc) is 1.99. The molecule has 0 saturated carbocycles. The van der Waals surface area contributed by atoms with E-state index in [1.807, 2.05) is 0 Å². The maximum Gasteiger partial charge on any atom is 0.573 e. The van der Waals surface area contributed by atoms with Crippen LogP contribution in [-0.2, 0) is 6.54 Å². The Morgan fingerprint density at radius 3 is 2.36 bits per heavy atom. The van der Waals surface area contributed by atoms with Crippen LogP contribution >= 0.6 is 0 Å². The second kappa shape index (κ2) is 3.83. The van der Waals surface area contributed by atoms with Crippen LogP contribution in [0, 0.1) is 5.82 Å². The third-order valence-electron chi connectivity index (χ3n) is 1.40. The molecule has 0 aliphatic heterocycles. The molecule has 0 radical (unpaired) electrons. The maximum atomic E-state index is 12.7. The van der Waals surface area contributed by atoms with E-state index in [-0.39, 0.29) is 12.1 Å². The summed E-state index contributed by atoms with van der Waals surface area (Å²) in [6.45, 7) is -0.0496. The van der Waals surface area contributed by atoms with Gasteiger partial charge in [0.15, 0.2) is 0 Å². The Labute approximate surface area is 77.3 Å². The number of rotatable bonds is 2. The lowest BCUT2D eigenvalue weighted by Crippen LogP contribution is -2.17. The smallest absolute Gasteiger partial charge is 0.406 e. The van der Waals surface area contributed by atoms with Crippen LogP contribution in [0.4, 0.5) is 17.6 Å². The zero-order chi connectivity index (χ0) is 10.8. The molecule has 0 heterocycles. The molecular formula is C8H7F4NO. The average molecular weight is 209 g/mol. The highest BCUT2D eigenvalue weighted by Crippen LogP contribution is 2.24. The Morgan fingerprint density at radius 1 is 1.21 bits per heavy atom. The van der Waals surface area contributed by atoms with E-state index in [2.05, 4.69) is 4.74 Å². The topological polar surface area (TPSA) is 35.2 Å². The number of benzene rings is 1. The van der Waals surface area contributed by atoms with Gasteiger partial charge in [0.2, 0.25) is 0 Å². The molecule has 2 nitrogen and oxygen atoms in total. The monoisotopic (exact) mass is 209 g/mol. The van der Waals surface area contributed by atoms with E-state index in [1.165, 1.54) is 0 Å². The Kier molecular flexibility index (Phi) is 2.95. The van der Waals surface area contributed by atoms with Gasteiger partial charge in [-0.2, -0.15) is 0 Å². The number of ether oxygens (including phenoxy) is 1. The number of nitrogens with two attached hydrogens (primary N) is 1. The SMILES string of the molecule is NCc1cc(F)cc(OC(F)(F)F)c1. The second-order valence-corrected chi connectivity index (χ2v) is 2.55. The van der Waals surface area contributed by atoms with E-state index >= 15 is 0 Å². The molecule has 0 aliphatic carbocycles. The van der Waals surface area contributed by atoms with Crippen LogP contribution in [0.15, 0.2) is 18.2 Å². The predicted octanol–water partition coefficient (Wildman–Crippen LogP) is 2.18. The van der Waals surface area contributed by atoms with Gasteiger partial charge in [-0.3, -0.25) is 0 Å². The minimum absolute atomic E-state index is 0.0496. The van der Waals surface area contributed by atoms with E-state index in [0.29, 0.717) is 6.07 Å². The van der Waals surface area contributed by atoms with Gasteiger partial charge < -0.3 is 10.5 Å². The molecule has 0 atom stereocenters. The van der Waals surface area contributed by atoms with Gasteiger partial charge in [-0.1, -0.05) is 0 Å². The summed E-state index contributed by atoms with van der Waals surface area (Å²) in [5, 5.41) is 0. The molecule has 0 aliphatic rings. The van der Waals surface area contributed by atoms with Crippen molar-refractivity contribution in [3.8, 4) is 5.75 Å². The number of alkyl halides is 3. The summed E-state index contributed by atoms with van der Waals surface area (Å²) in [5.74, 6) is -1.41. The van der Waals surface area contributed by atoms with Crippen molar-refractivity contribution in [3.63, 3.8) is 0 Å². The fourth-order valence-electron chi connectivity index (χ4n) is 0.931. The van der Waals surface area contributed by atoms with Crippen molar-refractivity contribution in [3.05, 3.63) is 29.6 Å². The minimum Gasteiger partial charge on any atom is -0.406 e. The number of hydrogen-bond donors (Lipinski definition) is 1. The molecule has 0 aromatic heterocycles. The molecule has 0 spiro atoms. The highest BCUT2D eigenvalue weighted by molar-refractivity contribution is 5.29. The Bertz CT molecular complexity index is 324. The van der Waals surface area contributed by atoms with E-state index in [4.69, 9.17) is 5.73 Å². The number of halogens is 4. The van der Waals surface area contributed by atoms with Crippen LogP contribution in [0.25, 0.3) is 0 Å². The lowest BCUT2D eigenvalue weighted by Gasteiger charge is -2.09. The Morgan fingerprint density at radius 2 is 1.86 bits per heavy atom. The highest BCUT2D eigenvalue weighted by atomic mass is 19.4. The van der Waals surface area contributed by atoms with Crippen molar-refractivity contribution >= 4 is 0 Å². The van der Waals surface area contributed by atoms with Crippen molar-refractivity contribution < 1.29 is 22.3 Å². The predicted molar refractivity (Wildman–Crippen MR) is 41.0 cm³/mol. The summed E-state index contributed by atoms with van der Waals surface area (Å²) in [4.78, 5) is 0. The van der Waals surface area contributed by atoms with Crippen LogP contribution in [0.2, 0.25) is 0 Å². The molecule has 1 aromatic rings. The molecule has 6 heteroatoms. The third-order valence-corrected chi connectivity index (χ3v) is 1.40. The zero-order valence-corrected chi connectivity index (χ0v) is 6.94. The molecule has 2 N–H and O–H groups in total. The molecule has 0 bridgehead atoms. The molecular weight excluding hydrogens is 202 g/mol. The van der Waals surface area contributed by atoms with Gasteiger partial charge in [0.25, 0.3) is 0 Å². The van der Waals surface area contributed by atoms with Gasteiger partial charge in [0, 0.05) is 12.6 Å². The summed E-state index contributed by atoms with van der Waals surface area (Å²) in [6.07, 6.45) is -4.82. The first-order chi connectivity index (χ1) is 6.40. The van der Waals surface area contributed by atoms with Crippen molar-refractivity contribution in [2.75, 3.05) is 0 Å². The first-order valence-electron chi connectivity index (χ1n) is 3.66. The van der Waals surface area contributed by atoms with Crippen LogP contribution in [0.3, 0.4) is 0 Å². The molecule has 1 rings (SSSR count). The fourth-order valence-corrected chi connectivity index (χ4v) is 0.931. The summed E-state index contributed by atoms with van der Waals surface area (Å²) >= 11 is 0. The molecule has 1 aromatic carbocycles. The molecule has 0 fully saturated rings. The van der Waals surface area contributed by atoms with Gasteiger partial charge in [0.1, 0.15) is 11.6 Å². The first kappa shape index (κ1) is 10.8. The second-order valence-electron chi connectivity index (χ2n) is 2.55. The number of hydrogen-bond acceptors (Lipinski definition) is 2. The lowest BCUT2D eigenvalue weighted by molar-refractivity contribution is -0.274. The Balaban J connectivity index is 2.92. The summed E-state index contributed by atoms with van der Waals surface area (Å²) in [6, 6.07) is 2.73. The van der Waals surface area contributed by atoms with E-state index < -0.39 is 17.9 Å². The van der Waals surface area contributed by atoms with Crippen LogP contribution in [-0.4, -0.2) is 6.36 Å². The highest BCUT2D eigenvalue weighted by Gasteiger charge is 2.31.